The number of ether oxygens (including phenoxy) is 1. The summed E-state index contributed by atoms with van der Waals surface area (Å²) in [5, 5.41) is 0. The van der Waals surface area contributed by atoms with Gasteiger partial charge in [-0.2, -0.15) is 0 Å². The summed E-state index contributed by atoms with van der Waals surface area (Å²) in [5.74, 6) is 0. The van der Waals surface area contributed by atoms with Crippen molar-refractivity contribution >= 4 is 0 Å². The van der Waals surface area contributed by atoms with Gasteiger partial charge in [-0.05, 0) is 0 Å². The van der Waals surface area contributed by atoms with Crippen LogP contribution in [0.2, 0.25) is 0 Å². The first-order valence-electron chi connectivity index (χ1n) is 1.92. The molecule has 0 spiro atoms. The van der Waals surface area contributed by atoms with Gasteiger partial charge in [0.1, 0.15) is 12.5 Å². The monoisotopic (exact) mass is 138 g/mol. The van der Waals surface area contributed by atoms with Gasteiger partial charge in [0.2, 0.25) is 0 Å². The minimum absolute atomic E-state index is 0.628. The molecule has 9 heavy (non-hydrogen) atoms. The molecule has 0 rings (SSSR count). The third-order valence-corrected chi connectivity index (χ3v) is 0.371. The molecule has 3 nitrogen and oxygen atoms in total. The second-order valence-electron chi connectivity index (χ2n) is 0.859. The van der Waals surface area contributed by atoms with Crippen LogP contribution < -0.4 is 0 Å². The first-order chi connectivity index (χ1) is 4.41. The molecule has 0 amide bonds. The molecule has 0 aromatic rings. The molecule has 0 N–H and O–H groups in total. The summed E-state index contributed by atoms with van der Waals surface area (Å²) in [4.78, 5) is 5.90. The van der Waals surface area contributed by atoms with E-state index in [0.29, 0.717) is 12.5 Å². The van der Waals surface area contributed by atoms with Crippen molar-refractivity contribution < 1.29 is 23.7 Å². The lowest BCUT2D eigenvalue weighted by molar-refractivity contribution is -0.0674. The SMILES string of the molecule is FOC=COC=COF. The van der Waals surface area contributed by atoms with E-state index < -0.39 is 0 Å². The zero-order chi connectivity index (χ0) is 6.95. The van der Waals surface area contributed by atoms with E-state index in [1.807, 2.05) is 0 Å². The Morgan fingerprint density at radius 3 is 1.56 bits per heavy atom. The molecule has 0 saturated heterocycles. The Bertz CT molecular complexity index is 90.0. The fourth-order valence-corrected chi connectivity index (χ4v) is 0.152. The van der Waals surface area contributed by atoms with Gasteiger partial charge in [-0.25, -0.2) is 0 Å². The Balaban J connectivity index is 3.08. The summed E-state index contributed by atoms with van der Waals surface area (Å²) in [5.41, 5.74) is 0. The van der Waals surface area contributed by atoms with E-state index in [9.17, 15) is 9.05 Å². The molecule has 0 radical (unpaired) electrons. The molecule has 0 aliphatic carbocycles. The maximum atomic E-state index is 10.7. The molecular formula is C4H4F2O3. The topological polar surface area (TPSA) is 27.7 Å². The van der Waals surface area contributed by atoms with Crippen molar-refractivity contribution in [3.63, 3.8) is 0 Å². The molecule has 5 heteroatoms. The minimum atomic E-state index is 0.628. The van der Waals surface area contributed by atoms with Crippen LogP contribution in [0.3, 0.4) is 0 Å². The Kier molecular flexibility index (Phi) is 5.80. The molecule has 0 heterocycles. The van der Waals surface area contributed by atoms with Crippen LogP contribution in [0.15, 0.2) is 25.0 Å². The predicted molar refractivity (Wildman–Crippen MR) is 23.8 cm³/mol. The van der Waals surface area contributed by atoms with Crippen LogP contribution in [0.25, 0.3) is 0 Å². The van der Waals surface area contributed by atoms with E-state index in [-0.39, 0.29) is 0 Å². The molecule has 0 saturated carbocycles. The third kappa shape index (κ3) is 6.74. The van der Waals surface area contributed by atoms with Gasteiger partial charge in [0.05, 0.1) is 0 Å². The van der Waals surface area contributed by atoms with E-state index in [2.05, 4.69) is 14.6 Å². The van der Waals surface area contributed by atoms with Crippen LogP contribution >= 0.6 is 0 Å². The molecule has 0 fully saturated rings. The molecular weight excluding hydrogens is 134 g/mol. The highest BCUT2D eigenvalue weighted by Gasteiger charge is 1.69. The largest absolute Gasteiger partial charge is 0.466 e. The summed E-state index contributed by atoms with van der Waals surface area (Å²) in [7, 11) is 0. The summed E-state index contributed by atoms with van der Waals surface area (Å²) in [6, 6.07) is 0. The molecule has 0 aromatic heterocycles. The zero-order valence-electron chi connectivity index (χ0n) is 4.29. The lowest BCUT2D eigenvalue weighted by Crippen LogP contribution is -1.66. The fraction of sp³-hybridized carbons (Fsp3) is 0. The Morgan fingerprint density at radius 2 is 1.22 bits per heavy atom. The summed E-state index contributed by atoms with van der Waals surface area (Å²) < 4.78 is 25.6. The van der Waals surface area contributed by atoms with Crippen LogP contribution in [0.1, 0.15) is 0 Å². The van der Waals surface area contributed by atoms with E-state index in [0.717, 1.165) is 12.5 Å². The summed E-state index contributed by atoms with van der Waals surface area (Å²) in [6.45, 7) is 0. The van der Waals surface area contributed by atoms with Gasteiger partial charge in [-0.15, -0.1) is 0 Å². The standard InChI is InChI=1S/C4H4F2O3/c5-8-3-1-7-2-4-9-6/h1-4H. The lowest BCUT2D eigenvalue weighted by atomic mass is 11.0. The molecule has 0 bridgehead atoms. The van der Waals surface area contributed by atoms with Crippen molar-refractivity contribution in [3.8, 4) is 0 Å². The maximum Gasteiger partial charge on any atom is 0.171 e. The highest BCUT2D eigenvalue weighted by molar-refractivity contribution is 4.67. The van der Waals surface area contributed by atoms with E-state index in [1.54, 1.807) is 0 Å². The van der Waals surface area contributed by atoms with Gasteiger partial charge in [0.25, 0.3) is 0 Å². The van der Waals surface area contributed by atoms with E-state index >= 15 is 0 Å². The number of hydrogen-bond donors (Lipinski definition) is 0. The van der Waals surface area contributed by atoms with Gasteiger partial charge in [0, 0.05) is 9.05 Å². The second-order valence-corrected chi connectivity index (χ2v) is 0.859. The fourth-order valence-electron chi connectivity index (χ4n) is 0.152. The number of rotatable bonds is 4. The van der Waals surface area contributed by atoms with E-state index in [1.165, 1.54) is 0 Å². The van der Waals surface area contributed by atoms with Crippen molar-refractivity contribution in [2.24, 2.45) is 0 Å². The van der Waals surface area contributed by atoms with Crippen molar-refractivity contribution in [3.05, 3.63) is 25.0 Å². The highest BCUT2D eigenvalue weighted by Crippen LogP contribution is 1.83. The van der Waals surface area contributed by atoms with Crippen molar-refractivity contribution in [2.75, 3.05) is 0 Å². The third-order valence-electron chi connectivity index (χ3n) is 0.371. The first kappa shape index (κ1) is 7.74. The van der Waals surface area contributed by atoms with E-state index in [4.69, 9.17) is 0 Å². The Hall–Kier alpha value is -1.26. The van der Waals surface area contributed by atoms with Crippen LogP contribution in [0.4, 0.5) is 9.05 Å². The van der Waals surface area contributed by atoms with Gasteiger partial charge in [-0.1, -0.05) is 0 Å². The Labute approximate surface area is 49.9 Å². The predicted octanol–water partition coefficient (Wildman–Crippen LogP) is 1.75. The van der Waals surface area contributed by atoms with Crippen LogP contribution in [0.5, 0.6) is 0 Å². The van der Waals surface area contributed by atoms with Crippen LogP contribution in [-0.2, 0) is 14.6 Å². The normalized spacial score (nSPS) is 10.4. The van der Waals surface area contributed by atoms with Gasteiger partial charge in [-0.3, -0.25) is 9.88 Å². The quantitative estimate of drug-likeness (QED) is 0.554. The average Bonchev–Trinajstić information content (AvgIpc) is 1.89. The number of hydrogen-bond acceptors (Lipinski definition) is 3. The average molecular weight is 138 g/mol. The molecule has 0 aliphatic heterocycles. The first-order valence-corrected chi connectivity index (χ1v) is 1.92. The van der Waals surface area contributed by atoms with Gasteiger partial charge >= 0.3 is 0 Å². The molecule has 0 atom stereocenters. The van der Waals surface area contributed by atoms with Crippen molar-refractivity contribution in [1.82, 2.24) is 0 Å². The molecule has 0 unspecified atom stereocenters. The molecule has 52 valence electrons. The summed E-state index contributed by atoms with van der Waals surface area (Å²) >= 11 is 0. The smallest absolute Gasteiger partial charge is 0.171 e. The second kappa shape index (κ2) is 6.74. The minimum Gasteiger partial charge on any atom is -0.466 e. The van der Waals surface area contributed by atoms with Crippen LogP contribution in [0, 0.1) is 0 Å². The number of halogens is 2. The van der Waals surface area contributed by atoms with Crippen molar-refractivity contribution in [2.45, 2.75) is 0 Å². The van der Waals surface area contributed by atoms with Gasteiger partial charge in [0.15, 0.2) is 12.5 Å². The Morgan fingerprint density at radius 1 is 0.778 bits per heavy atom. The van der Waals surface area contributed by atoms with Crippen molar-refractivity contribution in [1.29, 1.82) is 0 Å². The van der Waals surface area contributed by atoms with Gasteiger partial charge < -0.3 is 4.74 Å². The highest BCUT2D eigenvalue weighted by atomic mass is 19.3. The summed E-state index contributed by atoms with van der Waals surface area (Å²) in [6.07, 6.45) is 2.97. The lowest BCUT2D eigenvalue weighted by Gasteiger charge is -1.83. The molecule has 0 aliphatic rings. The maximum absolute atomic E-state index is 10.7. The zero-order valence-corrected chi connectivity index (χ0v) is 4.29. The molecule has 0 aromatic carbocycles. The van der Waals surface area contributed by atoms with Crippen LogP contribution in [-0.4, -0.2) is 0 Å².